The monoisotopic (exact) mass is 360 g/mol. The number of urea groups is 2. The predicted octanol–water partition coefficient (Wildman–Crippen LogP) is 3.35. The van der Waals surface area contributed by atoms with Crippen LogP contribution in [0.4, 0.5) is 29.7 Å². The molecule has 2 aromatic rings. The number of rotatable bonds is 2. The summed E-state index contributed by atoms with van der Waals surface area (Å²) in [6.07, 6.45) is 0. The second-order valence-electron chi connectivity index (χ2n) is 5.85. The molecule has 1 saturated heterocycles. The molecule has 0 spiro atoms. The van der Waals surface area contributed by atoms with Gasteiger partial charge in [-0.25, -0.2) is 18.4 Å². The van der Waals surface area contributed by atoms with E-state index in [9.17, 15) is 18.4 Å². The number of anilines is 2. The van der Waals surface area contributed by atoms with Gasteiger partial charge >= 0.3 is 12.1 Å². The summed E-state index contributed by atoms with van der Waals surface area (Å²) in [6, 6.07) is 10.4. The van der Waals surface area contributed by atoms with E-state index in [4.69, 9.17) is 0 Å². The van der Waals surface area contributed by atoms with Gasteiger partial charge in [0.2, 0.25) is 0 Å². The zero-order chi connectivity index (χ0) is 18.5. The fourth-order valence-electron chi connectivity index (χ4n) is 2.58. The number of piperazine rings is 1. The average Bonchev–Trinajstić information content (AvgIpc) is 2.65. The molecule has 8 heteroatoms. The van der Waals surface area contributed by atoms with Crippen molar-refractivity contribution >= 4 is 23.4 Å². The number of hydrogen-bond acceptors (Lipinski definition) is 2. The summed E-state index contributed by atoms with van der Waals surface area (Å²) in [6.45, 7) is 1.52. The molecule has 0 radical (unpaired) electrons. The van der Waals surface area contributed by atoms with E-state index >= 15 is 0 Å². The van der Waals surface area contributed by atoms with Gasteiger partial charge in [-0.15, -0.1) is 0 Å². The van der Waals surface area contributed by atoms with Crippen molar-refractivity contribution in [1.29, 1.82) is 0 Å². The first-order valence-electron chi connectivity index (χ1n) is 8.14. The van der Waals surface area contributed by atoms with Gasteiger partial charge in [-0.2, -0.15) is 0 Å². The average molecular weight is 360 g/mol. The Bertz CT molecular complexity index is 705. The molecule has 0 atom stereocenters. The molecular formula is C18H18F2N4O2. The van der Waals surface area contributed by atoms with E-state index < -0.39 is 0 Å². The van der Waals surface area contributed by atoms with Gasteiger partial charge in [-0.05, 0) is 48.5 Å². The highest BCUT2D eigenvalue weighted by Crippen LogP contribution is 2.13. The highest BCUT2D eigenvalue weighted by atomic mass is 19.1. The van der Waals surface area contributed by atoms with Crippen molar-refractivity contribution in [2.75, 3.05) is 36.8 Å². The summed E-state index contributed by atoms with van der Waals surface area (Å²) >= 11 is 0. The summed E-state index contributed by atoms with van der Waals surface area (Å²) in [5.41, 5.74) is 1.01. The standard InChI is InChI=1S/C18H18F2N4O2/c19-13-1-5-15(6-2-13)21-17(25)23-9-11-24(12-10-23)18(26)22-16-7-3-14(20)4-8-16/h1-8H,9-12H2,(H,21,25)(H,22,26). The van der Waals surface area contributed by atoms with E-state index in [2.05, 4.69) is 10.6 Å². The van der Waals surface area contributed by atoms with Gasteiger partial charge in [-0.1, -0.05) is 0 Å². The second kappa shape index (κ2) is 7.81. The lowest BCUT2D eigenvalue weighted by Gasteiger charge is -2.34. The van der Waals surface area contributed by atoms with E-state index in [1.165, 1.54) is 48.5 Å². The molecule has 0 saturated carbocycles. The molecular weight excluding hydrogens is 342 g/mol. The first kappa shape index (κ1) is 17.7. The molecule has 3 rings (SSSR count). The van der Waals surface area contributed by atoms with E-state index in [0.717, 1.165) is 0 Å². The number of amides is 4. The molecule has 0 bridgehead atoms. The van der Waals surface area contributed by atoms with Gasteiger partial charge in [0.15, 0.2) is 0 Å². The van der Waals surface area contributed by atoms with Crippen LogP contribution in [0.2, 0.25) is 0 Å². The molecule has 6 nitrogen and oxygen atoms in total. The zero-order valence-electron chi connectivity index (χ0n) is 13.9. The minimum atomic E-state index is -0.371. The van der Waals surface area contributed by atoms with E-state index in [0.29, 0.717) is 37.6 Å². The molecule has 4 amide bonds. The molecule has 136 valence electrons. The summed E-state index contributed by atoms with van der Waals surface area (Å²) in [5, 5.41) is 5.39. The van der Waals surface area contributed by atoms with Gasteiger partial charge in [0.25, 0.3) is 0 Å². The van der Waals surface area contributed by atoms with Crippen LogP contribution in [0.15, 0.2) is 48.5 Å². The predicted molar refractivity (Wildman–Crippen MR) is 94.0 cm³/mol. The molecule has 2 aromatic carbocycles. The topological polar surface area (TPSA) is 64.7 Å². The number of nitrogens with zero attached hydrogens (tertiary/aromatic N) is 2. The highest BCUT2D eigenvalue weighted by molar-refractivity contribution is 5.91. The third-order valence-electron chi connectivity index (χ3n) is 4.05. The summed E-state index contributed by atoms with van der Waals surface area (Å²) in [5.74, 6) is -0.743. The van der Waals surface area contributed by atoms with Crippen LogP contribution in [0.5, 0.6) is 0 Å². The first-order chi connectivity index (χ1) is 12.5. The smallest absolute Gasteiger partial charge is 0.321 e. The summed E-state index contributed by atoms with van der Waals surface area (Å²) in [4.78, 5) is 27.6. The molecule has 1 heterocycles. The van der Waals surface area contributed by atoms with Crippen LogP contribution in [-0.2, 0) is 0 Å². The van der Waals surface area contributed by atoms with Gasteiger partial charge < -0.3 is 20.4 Å². The van der Waals surface area contributed by atoms with E-state index in [1.807, 2.05) is 0 Å². The lowest BCUT2D eigenvalue weighted by atomic mass is 10.3. The Hall–Kier alpha value is -3.16. The lowest BCUT2D eigenvalue weighted by molar-refractivity contribution is 0.156. The molecule has 1 aliphatic heterocycles. The van der Waals surface area contributed by atoms with Gasteiger partial charge in [0, 0.05) is 37.6 Å². The Labute approximate surface area is 149 Å². The third kappa shape index (κ3) is 4.47. The maximum absolute atomic E-state index is 12.9. The number of nitrogens with one attached hydrogen (secondary N) is 2. The Kier molecular flexibility index (Phi) is 5.31. The first-order valence-corrected chi connectivity index (χ1v) is 8.14. The summed E-state index contributed by atoms with van der Waals surface area (Å²) < 4.78 is 25.8. The van der Waals surface area contributed by atoms with E-state index in [-0.39, 0.29) is 23.7 Å². The van der Waals surface area contributed by atoms with Crippen LogP contribution in [0.25, 0.3) is 0 Å². The van der Waals surface area contributed by atoms with E-state index in [1.54, 1.807) is 9.80 Å². The second-order valence-corrected chi connectivity index (χ2v) is 5.85. The van der Waals surface area contributed by atoms with Crippen LogP contribution in [-0.4, -0.2) is 48.0 Å². The third-order valence-corrected chi connectivity index (χ3v) is 4.05. The number of halogens is 2. The number of carbonyl (C=O) groups is 2. The van der Waals surface area contributed by atoms with Crippen LogP contribution in [0.3, 0.4) is 0 Å². The minimum absolute atomic E-state index is 0.296. The van der Waals surface area contributed by atoms with Crippen molar-refractivity contribution in [2.24, 2.45) is 0 Å². The van der Waals surface area contributed by atoms with Gasteiger partial charge in [0.05, 0.1) is 0 Å². The number of carbonyl (C=O) groups excluding carboxylic acids is 2. The van der Waals surface area contributed by atoms with Crippen LogP contribution < -0.4 is 10.6 Å². The Balaban J connectivity index is 1.48. The van der Waals surface area contributed by atoms with Crippen molar-refractivity contribution in [3.8, 4) is 0 Å². The fourth-order valence-corrected chi connectivity index (χ4v) is 2.58. The molecule has 0 unspecified atom stereocenters. The van der Waals surface area contributed by atoms with Gasteiger partial charge in [-0.3, -0.25) is 0 Å². The Morgan fingerprint density at radius 1 is 0.654 bits per heavy atom. The molecule has 1 fully saturated rings. The van der Waals surface area contributed by atoms with Crippen molar-refractivity contribution in [2.45, 2.75) is 0 Å². The largest absolute Gasteiger partial charge is 0.321 e. The summed E-state index contributed by atoms with van der Waals surface area (Å²) in [7, 11) is 0. The number of hydrogen-bond donors (Lipinski definition) is 2. The maximum Gasteiger partial charge on any atom is 0.321 e. The molecule has 0 aromatic heterocycles. The van der Waals surface area contributed by atoms with Crippen LogP contribution >= 0.6 is 0 Å². The van der Waals surface area contributed by atoms with Crippen molar-refractivity contribution in [3.63, 3.8) is 0 Å². The number of benzene rings is 2. The Morgan fingerprint density at radius 3 is 1.27 bits per heavy atom. The molecule has 26 heavy (non-hydrogen) atoms. The van der Waals surface area contributed by atoms with Crippen LogP contribution in [0.1, 0.15) is 0 Å². The zero-order valence-corrected chi connectivity index (χ0v) is 13.9. The fraction of sp³-hybridized carbons (Fsp3) is 0.222. The van der Waals surface area contributed by atoms with Crippen LogP contribution in [0, 0.1) is 11.6 Å². The molecule has 2 N–H and O–H groups in total. The SMILES string of the molecule is O=C(Nc1ccc(F)cc1)N1CCN(C(=O)Nc2ccc(F)cc2)CC1. The normalized spacial score (nSPS) is 14.1. The minimum Gasteiger partial charge on any atom is -0.321 e. The highest BCUT2D eigenvalue weighted by Gasteiger charge is 2.24. The van der Waals surface area contributed by atoms with Gasteiger partial charge in [0.1, 0.15) is 11.6 Å². The quantitative estimate of drug-likeness (QED) is 0.863. The lowest BCUT2D eigenvalue weighted by Crippen LogP contribution is -2.52. The van der Waals surface area contributed by atoms with Crippen molar-refractivity contribution in [1.82, 2.24) is 9.80 Å². The molecule has 0 aliphatic carbocycles. The van der Waals surface area contributed by atoms with Crippen molar-refractivity contribution < 1.29 is 18.4 Å². The van der Waals surface area contributed by atoms with Crippen molar-refractivity contribution in [3.05, 3.63) is 60.2 Å². The maximum atomic E-state index is 12.9. The molecule has 1 aliphatic rings. The Morgan fingerprint density at radius 2 is 0.962 bits per heavy atom.